The molecule has 2 fully saturated rings. The van der Waals surface area contributed by atoms with Crippen LogP contribution in [0.1, 0.15) is 11.4 Å². The second-order valence-corrected chi connectivity index (χ2v) is 8.42. The van der Waals surface area contributed by atoms with Crippen LogP contribution in [0.4, 0.5) is 5.69 Å². The van der Waals surface area contributed by atoms with Crippen molar-refractivity contribution in [2.45, 2.75) is 13.1 Å². The van der Waals surface area contributed by atoms with Gasteiger partial charge in [0, 0.05) is 81.9 Å². The molecule has 0 unspecified atom stereocenters. The molecule has 0 atom stereocenters. The van der Waals surface area contributed by atoms with Crippen LogP contribution < -0.4 is 10.3 Å². The third kappa shape index (κ3) is 4.81. The summed E-state index contributed by atoms with van der Waals surface area (Å²) in [6.45, 7) is 7.85. The van der Waals surface area contributed by atoms with Crippen molar-refractivity contribution in [1.29, 1.82) is 0 Å². The molecule has 0 radical (unpaired) electrons. The number of morpholine rings is 1. The third-order valence-corrected chi connectivity index (χ3v) is 6.28. The summed E-state index contributed by atoms with van der Waals surface area (Å²) in [5, 5.41) is 11.2. The molecule has 1 aromatic carbocycles. The van der Waals surface area contributed by atoms with Gasteiger partial charge in [0.05, 0.1) is 18.9 Å². The summed E-state index contributed by atoms with van der Waals surface area (Å²) in [6, 6.07) is 9.48. The molecule has 2 aliphatic heterocycles. The van der Waals surface area contributed by atoms with E-state index in [1.165, 1.54) is 0 Å². The molecule has 0 amide bonds. The van der Waals surface area contributed by atoms with E-state index in [0.717, 1.165) is 68.9 Å². The Hall–Kier alpha value is -2.06. The van der Waals surface area contributed by atoms with Crippen LogP contribution in [0.2, 0.25) is 5.02 Å². The smallest absolute Gasteiger partial charge is 0.223 e. The molecule has 7 nitrogen and oxygen atoms in total. The molecule has 1 aromatic heterocycles. The lowest BCUT2D eigenvalue weighted by Crippen LogP contribution is -2.46. The number of aromatic nitrogens is 1. The van der Waals surface area contributed by atoms with Gasteiger partial charge in [-0.25, -0.2) is 0 Å². The van der Waals surface area contributed by atoms with Gasteiger partial charge in [0.25, 0.3) is 0 Å². The highest BCUT2D eigenvalue weighted by atomic mass is 35.5. The minimum atomic E-state index is -0.302. The van der Waals surface area contributed by atoms with E-state index < -0.39 is 0 Å². The molecule has 2 aromatic rings. The Labute approximate surface area is 182 Å². The van der Waals surface area contributed by atoms with Crippen LogP contribution in [0.5, 0.6) is 5.75 Å². The van der Waals surface area contributed by atoms with Crippen molar-refractivity contribution in [2.75, 3.05) is 57.4 Å². The number of piperazine rings is 1. The molecule has 2 aliphatic rings. The highest BCUT2D eigenvalue weighted by Gasteiger charge is 2.22. The maximum atomic E-state index is 12.4. The fourth-order valence-corrected chi connectivity index (χ4v) is 4.35. The topological polar surface area (TPSA) is 61.2 Å². The molecule has 3 heterocycles. The van der Waals surface area contributed by atoms with E-state index in [2.05, 4.69) is 20.8 Å². The highest BCUT2D eigenvalue weighted by molar-refractivity contribution is 6.30. The number of halogens is 1. The van der Waals surface area contributed by atoms with Gasteiger partial charge in [-0.1, -0.05) is 17.7 Å². The Morgan fingerprint density at radius 2 is 1.70 bits per heavy atom. The standard InChI is InChI=1S/C22H29ClN4O3/c1-24-19(15-26-9-11-30-12-10-26)14-21(28)22(29)20(24)16-25-5-7-27(8-6-25)18-4-2-3-17(23)13-18/h2-4,13-14,29H,5-12,15-16H2,1H3. The molecule has 1 N–H and O–H groups in total. The lowest BCUT2D eigenvalue weighted by molar-refractivity contribution is 0.0331. The van der Waals surface area contributed by atoms with E-state index >= 15 is 0 Å². The molecule has 4 rings (SSSR count). The lowest BCUT2D eigenvalue weighted by atomic mass is 10.2. The zero-order chi connectivity index (χ0) is 21.1. The molecule has 2 saturated heterocycles. The maximum Gasteiger partial charge on any atom is 0.223 e. The second kappa shape index (κ2) is 9.39. The van der Waals surface area contributed by atoms with Crippen molar-refractivity contribution >= 4 is 17.3 Å². The lowest BCUT2D eigenvalue weighted by Gasteiger charge is -2.36. The van der Waals surface area contributed by atoms with Crippen molar-refractivity contribution < 1.29 is 9.84 Å². The summed E-state index contributed by atoms with van der Waals surface area (Å²) >= 11 is 6.13. The van der Waals surface area contributed by atoms with Gasteiger partial charge in [-0.2, -0.15) is 0 Å². The van der Waals surface area contributed by atoms with Crippen LogP contribution in [-0.2, 0) is 24.9 Å². The van der Waals surface area contributed by atoms with E-state index in [0.29, 0.717) is 18.8 Å². The minimum Gasteiger partial charge on any atom is -0.503 e. The van der Waals surface area contributed by atoms with E-state index in [-0.39, 0.29) is 11.2 Å². The number of benzene rings is 1. The maximum absolute atomic E-state index is 12.4. The van der Waals surface area contributed by atoms with Gasteiger partial charge in [0.2, 0.25) is 5.43 Å². The van der Waals surface area contributed by atoms with Gasteiger partial charge in [0.15, 0.2) is 5.75 Å². The molecular weight excluding hydrogens is 404 g/mol. The van der Waals surface area contributed by atoms with Crippen molar-refractivity contribution in [3.05, 3.63) is 57.0 Å². The SMILES string of the molecule is Cn1c(CN2CCOCC2)cc(=O)c(O)c1CN1CCN(c2cccc(Cl)c2)CC1. The van der Waals surface area contributed by atoms with Crippen molar-refractivity contribution in [3.8, 4) is 5.75 Å². The first-order valence-electron chi connectivity index (χ1n) is 10.4. The Bertz CT molecular complexity index is 934. The van der Waals surface area contributed by atoms with Crippen molar-refractivity contribution in [3.63, 3.8) is 0 Å². The predicted octanol–water partition coefficient (Wildman–Crippen LogP) is 1.90. The van der Waals surface area contributed by atoms with E-state index in [1.807, 2.05) is 29.8 Å². The van der Waals surface area contributed by atoms with Gasteiger partial charge < -0.3 is 19.3 Å². The fourth-order valence-electron chi connectivity index (χ4n) is 4.16. The average molecular weight is 433 g/mol. The van der Waals surface area contributed by atoms with E-state index in [4.69, 9.17) is 16.3 Å². The number of rotatable bonds is 5. The number of pyridine rings is 1. The van der Waals surface area contributed by atoms with Crippen molar-refractivity contribution in [1.82, 2.24) is 14.4 Å². The first-order valence-corrected chi connectivity index (χ1v) is 10.8. The number of hydrogen-bond acceptors (Lipinski definition) is 6. The minimum absolute atomic E-state index is 0.138. The van der Waals surface area contributed by atoms with E-state index in [9.17, 15) is 9.90 Å². The number of ether oxygens (including phenoxy) is 1. The Morgan fingerprint density at radius 3 is 2.40 bits per heavy atom. The van der Waals surface area contributed by atoms with Crippen LogP contribution >= 0.6 is 11.6 Å². The molecule has 0 saturated carbocycles. The zero-order valence-electron chi connectivity index (χ0n) is 17.4. The fraction of sp³-hybridized carbons (Fsp3) is 0.500. The van der Waals surface area contributed by atoms with Crippen LogP contribution in [0.15, 0.2) is 35.1 Å². The quantitative estimate of drug-likeness (QED) is 0.778. The summed E-state index contributed by atoms with van der Waals surface area (Å²) in [4.78, 5) is 19.3. The first kappa shape index (κ1) is 21.2. The average Bonchev–Trinajstić information content (AvgIpc) is 2.76. The normalized spacial score (nSPS) is 18.7. The molecule has 0 aliphatic carbocycles. The molecule has 30 heavy (non-hydrogen) atoms. The number of hydrogen-bond donors (Lipinski definition) is 1. The van der Waals surface area contributed by atoms with Gasteiger partial charge in [-0.05, 0) is 18.2 Å². The Kier molecular flexibility index (Phi) is 6.63. The number of nitrogens with zero attached hydrogens (tertiary/aromatic N) is 4. The van der Waals surface area contributed by atoms with Crippen LogP contribution in [-0.4, -0.2) is 72.0 Å². The van der Waals surface area contributed by atoms with Gasteiger partial charge in [-0.3, -0.25) is 14.6 Å². The zero-order valence-corrected chi connectivity index (χ0v) is 18.1. The Morgan fingerprint density at radius 1 is 1.00 bits per heavy atom. The van der Waals surface area contributed by atoms with E-state index in [1.54, 1.807) is 6.07 Å². The first-order chi connectivity index (χ1) is 14.5. The van der Waals surface area contributed by atoms with Crippen LogP contribution in [0, 0.1) is 0 Å². The number of aromatic hydroxyl groups is 1. The number of anilines is 1. The summed E-state index contributed by atoms with van der Waals surface area (Å²) in [5.74, 6) is -0.138. The highest BCUT2D eigenvalue weighted by Crippen LogP contribution is 2.22. The summed E-state index contributed by atoms with van der Waals surface area (Å²) < 4.78 is 7.40. The largest absolute Gasteiger partial charge is 0.503 e. The van der Waals surface area contributed by atoms with Gasteiger partial charge >= 0.3 is 0 Å². The third-order valence-electron chi connectivity index (χ3n) is 6.05. The second-order valence-electron chi connectivity index (χ2n) is 7.99. The molecule has 162 valence electrons. The van der Waals surface area contributed by atoms with Crippen LogP contribution in [0.3, 0.4) is 0 Å². The Balaban J connectivity index is 1.44. The van der Waals surface area contributed by atoms with Gasteiger partial charge in [-0.15, -0.1) is 0 Å². The molecule has 0 spiro atoms. The predicted molar refractivity (Wildman–Crippen MR) is 118 cm³/mol. The summed E-state index contributed by atoms with van der Waals surface area (Å²) in [7, 11) is 1.94. The molecule has 8 heteroatoms. The summed E-state index contributed by atoms with van der Waals surface area (Å²) in [5.41, 5.74) is 2.43. The van der Waals surface area contributed by atoms with Gasteiger partial charge in [0.1, 0.15) is 0 Å². The summed E-state index contributed by atoms with van der Waals surface area (Å²) in [6.07, 6.45) is 0. The van der Waals surface area contributed by atoms with Crippen molar-refractivity contribution in [2.24, 2.45) is 7.05 Å². The van der Waals surface area contributed by atoms with Crippen LogP contribution in [0.25, 0.3) is 0 Å². The molecular formula is C22H29ClN4O3. The molecule has 0 bridgehead atoms. The monoisotopic (exact) mass is 432 g/mol.